The molecule has 0 aliphatic carbocycles. The van der Waals surface area contributed by atoms with Crippen molar-refractivity contribution < 1.29 is 23.6 Å². The fourth-order valence-electron chi connectivity index (χ4n) is 4.13. The Morgan fingerprint density at radius 3 is 2.66 bits per heavy atom. The van der Waals surface area contributed by atoms with E-state index in [4.69, 9.17) is 14.0 Å². The van der Waals surface area contributed by atoms with Crippen molar-refractivity contribution in [1.29, 1.82) is 0 Å². The van der Waals surface area contributed by atoms with Crippen LogP contribution in [-0.4, -0.2) is 64.6 Å². The van der Waals surface area contributed by atoms with E-state index >= 15 is 0 Å². The van der Waals surface area contributed by atoms with Crippen LogP contribution in [0.15, 0.2) is 53.3 Å². The highest BCUT2D eigenvalue weighted by Gasteiger charge is 2.33. The van der Waals surface area contributed by atoms with Crippen LogP contribution in [0.4, 0.5) is 0 Å². The number of hydrogen-bond acceptors (Lipinski definition) is 7. The fourth-order valence-corrected chi connectivity index (χ4v) is 4.13. The number of aromatic nitrogens is 2. The van der Waals surface area contributed by atoms with E-state index in [2.05, 4.69) is 10.1 Å². The molecule has 1 fully saturated rings. The summed E-state index contributed by atoms with van der Waals surface area (Å²) in [5.41, 5.74) is 2.90. The molecule has 0 bridgehead atoms. The Hall–Kier alpha value is -3.72. The Labute approximate surface area is 204 Å². The van der Waals surface area contributed by atoms with Gasteiger partial charge in [0.15, 0.2) is 0 Å². The molecule has 0 N–H and O–H groups in total. The van der Waals surface area contributed by atoms with Crippen LogP contribution in [-0.2, 0) is 29.1 Å². The number of nitrogens with zero attached hydrogens (tertiary/aromatic N) is 4. The largest absolute Gasteiger partial charge is 0.497 e. The van der Waals surface area contributed by atoms with Gasteiger partial charge in [0, 0.05) is 32.0 Å². The van der Waals surface area contributed by atoms with Crippen molar-refractivity contribution in [2.75, 3.05) is 26.7 Å². The molecule has 2 aromatic heterocycles. The number of pyridine rings is 1. The van der Waals surface area contributed by atoms with Crippen molar-refractivity contribution in [2.24, 2.45) is 0 Å². The van der Waals surface area contributed by atoms with Crippen LogP contribution in [0.3, 0.4) is 0 Å². The van der Waals surface area contributed by atoms with Gasteiger partial charge in [-0.1, -0.05) is 30.3 Å². The van der Waals surface area contributed by atoms with Crippen LogP contribution in [0, 0.1) is 6.92 Å². The van der Waals surface area contributed by atoms with Gasteiger partial charge in [0.2, 0.25) is 5.91 Å². The maximum Gasteiger partial charge on any atom is 0.259 e. The molecule has 0 saturated carbocycles. The summed E-state index contributed by atoms with van der Waals surface area (Å²) < 4.78 is 16.7. The molecular weight excluding hydrogens is 448 g/mol. The molecule has 4 rings (SSSR count). The predicted octanol–water partition coefficient (Wildman–Crippen LogP) is 3.02. The SMILES string of the molecule is CCc1noc(C)c1C(=O)N1CC(=O)N(Cc2ccc(OC)cc2)C[C@@H](OCc2cccnc2)C1. The predicted molar refractivity (Wildman–Crippen MR) is 128 cm³/mol. The smallest absolute Gasteiger partial charge is 0.259 e. The first-order chi connectivity index (χ1) is 17.0. The second kappa shape index (κ2) is 11.1. The van der Waals surface area contributed by atoms with E-state index < -0.39 is 0 Å². The average Bonchev–Trinajstić information content (AvgIpc) is 3.18. The summed E-state index contributed by atoms with van der Waals surface area (Å²) in [6.07, 6.45) is 3.63. The third-order valence-electron chi connectivity index (χ3n) is 6.04. The summed E-state index contributed by atoms with van der Waals surface area (Å²) in [7, 11) is 1.62. The molecule has 184 valence electrons. The summed E-state index contributed by atoms with van der Waals surface area (Å²) in [6.45, 7) is 4.95. The zero-order chi connectivity index (χ0) is 24.8. The van der Waals surface area contributed by atoms with Crippen molar-refractivity contribution in [3.63, 3.8) is 0 Å². The van der Waals surface area contributed by atoms with Crippen LogP contribution in [0.5, 0.6) is 5.75 Å². The van der Waals surface area contributed by atoms with Crippen molar-refractivity contribution in [2.45, 2.75) is 39.5 Å². The normalized spacial score (nSPS) is 16.3. The van der Waals surface area contributed by atoms with Gasteiger partial charge in [0.25, 0.3) is 5.91 Å². The van der Waals surface area contributed by atoms with Crippen molar-refractivity contribution in [3.05, 3.63) is 76.9 Å². The highest BCUT2D eigenvalue weighted by molar-refractivity contribution is 5.98. The Morgan fingerprint density at radius 1 is 1.17 bits per heavy atom. The molecular formula is C26H30N4O5. The van der Waals surface area contributed by atoms with Crippen LogP contribution in [0.2, 0.25) is 0 Å². The first kappa shape index (κ1) is 24.4. The standard InChI is InChI=1S/C26H30N4O5/c1-4-23-25(18(2)35-28-23)26(32)30-15-22(34-17-20-6-5-11-27-12-20)14-29(24(31)16-30)13-19-7-9-21(33-3)10-8-19/h5-12,22H,4,13-17H2,1-3H3/t22-/m1/s1. The van der Waals surface area contributed by atoms with E-state index in [0.717, 1.165) is 16.9 Å². The lowest BCUT2D eigenvalue weighted by Crippen LogP contribution is -2.40. The average molecular weight is 479 g/mol. The monoisotopic (exact) mass is 478 g/mol. The molecule has 1 aromatic carbocycles. The lowest BCUT2D eigenvalue weighted by Gasteiger charge is -2.25. The van der Waals surface area contributed by atoms with Gasteiger partial charge in [0.1, 0.15) is 23.6 Å². The minimum atomic E-state index is -0.380. The number of benzene rings is 1. The molecule has 1 saturated heterocycles. The van der Waals surface area contributed by atoms with Crippen molar-refractivity contribution >= 4 is 11.8 Å². The zero-order valence-electron chi connectivity index (χ0n) is 20.3. The highest BCUT2D eigenvalue weighted by Crippen LogP contribution is 2.21. The van der Waals surface area contributed by atoms with Gasteiger partial charge in [-0.2, -0.15) is 0 Å². The first-order valence-corrected chi connectivity index (χ1v) is 11.6. The maximum absolute atomic E-state index is 13.5. The second-order valence-corrected chi connectivity index (χ2v) is 8.52. The molecule has 0 unspecified atom stereocenters. The number of amides is 2. The highest BCUT2D eigenvalue weighted by atomic mass is 16.5. The van der Waals surface area contributed by atoms with Crippen LogP contribution >= 0.6 is 0 Å². The Balaban J connectivity index is 1.56. The Bertz CT molecular complexity index is 1150. The third-order valence-corrected chi connectivity index (χ3v) is 6.04. The third kappa shape index (κ3) is 5.86. The first-order valence-electron chi connectivity index (χ1n) is 11.6. The van der Waals surface area contributed by atoms with Crippen LogP contribution < -0.4 is 4.74 Å². The quantitative estimate of drug-likeness (QED) is 0.491. The molecule has 3 aromatic rings. The lowest BCUT2D eigenvalue weighted by atomic mass is 10.1. The van der Waals surface area contributed by atoms with Crippen LogP contribution in [0.1, 0.15) is 39.9 Å². The van der Waals surface area contributed by atoms with Gasteiger partial charge in [-0.3, -0.25) is 14.6 Å². The van der Waals surface area contributed by atoms with Gasteiger partial charge >= 0.3 is 0 Å². The number of carbonyl (C=O) groups excluding carboxylic acids is 2. The van der Waals surface area contributed by atoms with E-state index in [0.29, 0.717) is 43.1 Å². The van der Waals surface area contributed by atoms with E-state index in [-0.39, 0.29) is 31.0 Å². The van der Waals surface area contributed by atoms with Gasteiger partial charge in [0.05, 0.1) is 25.5 Å². The number of methoxy groups -OCH3 is 1. The van der Waals surface area contributed by atoms with Gasteiger partial charge < -0.3 is 23.8 Å². The molecule has 0 spiro atoms. The zero-order valence-corrected chi connectivity index (χ0v) is 20.3. The molecule has 1 aliphatic heterocycles. The van der Waals surface area contributed by atoms with Crippen LogP contribution in [0.25, 0.3) is 0 Å². The van der Waals surface area contributed by atoms with E-state index in [1.54, 1.807) is 36.2 Å². The van der Waals surface area contributed by atoms with E-state index in [1.165, 1.54) is 0 Å². The topological polar surface area (TPSA) is 98.0 Å². The summed E-state index contributed by atoms with van der Waals surface area (Å²) in [4.78, 5) is 34.2. The molecule has 0 radical (unpaired) electrons. The van der Waals surface area contributed by atoms with E-state index in [9.17, 15) is 9.59 Å². The summed E-state index contributed by atoms with van der Waals surface area (Å²) in [5.74, 6) is 0.789. The number of hydrogen-bond donors (Lipinski definition) is 0. The van der Waals surface area contributed by atoms with E-state index in [1.807, 2.05) is 43.3 Å². The number of rotatable bonds is 8. The molecule has 2 amide bonds. The van der Waals surface area contributed by atoms with Gasteiger partial charge in [-0.05, 0) is 42.7 Å². The Kier molecular flexibility index (Phi) is 7.77. The van der Waals surface area contributed by atoms with Gasteiger partial charge in [-0.25, -0.2) is 0 Å². The molecule has 1 atom stereocenters. The molecule has 35 heavy (non-hydrogen) atoms. The van der Waals surface area contributed by atoms with Crippen molar-refractivity contribution in [1.82, 2.24) is 19.9 Å². The number of aryl methyl sites for hydroxylation is 2. The minimum absolute atomic E-state index is 0.0461. The lowest BCUT2D eigenvalue weighted by molar-refractivity contribution is -0.132. The Morgan fingerprint density at radius 2 is 1.97 bits per heavy atom. The summed E-state index contributed by atoms with van der Waals surface area (Å²) >= 11 is 0. The van der Waals surface area contributed by atoms with Crippen molar-refractivity contribution in [3.8, 4) is 5.75 Å². The molecule has 9 nitrogen and oxygen atoms in total. The fraction of sp³-hybridized carbons (Fsp3) is 0.385. The molecule has 3 heterocycles. The number of carbonyl (C=O) groups is 2. The van der Waals surface area contributed by atoms with Gasteiger partial charge in [-0.15, -0.1) is 0 Å². The minimum Gasteiger partial charge on any atom is -0.497 e. The maximum atomic E-state index is 13.5. The molecule has 9 heteroatoms. The summed E-state index contributed by atoms with van der Waals surface area (Å²) in [5, 5.41) is 4.01. The molecule has 1 aliphatic rings. The summed E-state index contributed by atoms with van der Waals surface area (Å²) in [6, 6.07) is 11.4. The second-order valence-electron chi connectivity index (χ2n) is 8.52. The number of ether oxygens (including phenoxy) is 2.